The molecule has 0 aliphatic rings. The summed E-state index contributed by atoms with van der Waals surface area (Å²) in [4.78, 5) is 0.993. The molecule has 1 rings (SSSR count). The number of hydrogen-bond donors (Lipinski definition) is 1. The fraction of sp³-hybridized carbons (Fsp3) is 0.455. The van der Waals surface area contributed by atoms with Gasteiger partial charge < -0.3 is 0 Å². The van der Waals surface area contributed by atoms with E-state index in [1.165, 1.54) is 11.3 Å². The van der Waals surface area contributed by atoms with Gasteiger partial charge in [-0.25, -0.2) is 13.1 Å². The van der Waals surface area contributed by atoms with Gasteiger partial charge in [-0.1, -0.05) is 0 Å². The van der Waals surface area contributed by atoms with E-state index in [0.717, 1.165) is 17.7 Å². The molecule has 5 heteroatoms. The number of nitrogens with one attached hydrogen (secondary N) is 1. The predicted molar refractivity (Wildman–Crippen MR) is 66.9 cm³/mol. The Labute approximate surface area is 101 Å². The maximum absolute atomic E-state index is 11.7. The van der Waals surface area contributed by atoms with E-state index < -0.39 is 10.0 Å². The van der Waals surface area contributed by atoms with Crippen LogP contribution >= 0.6 is 11.3 Å². The fourth-order valence-electron chi connectivity index (χ4n) is 1.19. The van der Waals surface area contributed by atoms with Gasteiger partial charge in [0, 0.05) is 17.8 Å². The highest BCUT2D eigenvalue weighted by atomic mass is 32.2. The average molecular weight is 257 g/mol. The molecular weight excluding hydrogens is 242 g/mol. The Balaban J connectivity index is 2.45. The fourth-order valence-corrected chi connectivity index (χ4v) is 3.59. The first-order chi connectivity index (χ1) is 7.56. The molecule has 0 aromatic carbocycles. The lowest BCUT2D eigenvalue weighted by Crippen LogP contribution is -2.23. The van der Waals surface area contributed by atoms with E-state index in [1.807, 2.05) is 6.92 Å². The molecule has 0 saturated heterocycles. The van der Waals surface area contributed by atoms with Crippen LogP contribution in [0.4, 0.5) is 0 Å². The number of unbranched alkanes of at least 4 members (excludes halogenated alkanes) is 2. The Morgan fingerprint density at radius 2 is 2.19 bits per heavy atom. The highest BCUT2D eigenvalue weighted by Gasteiger charge is 2.14. The van der Waals surface area contributed by atoms with Gasteiger partial charge in [0.05, 0.1) is 0 Å². The molecule has 0 bridgehead atoms. The summed E-state index contributed by atoms with van der Waals surface area (Å²) in [6.07, 6.45) is 7.42. The summed E-state index contributed by atoms with van der Waals surface area (Å²) < 4.78 is 26.4. The molecule has 1 aromatic heterocycles. The van der Waals surface area contributed by atoms with Crippen LogP contribution in [-0.4, -0.2) is 15.0 Å². The van der Waals surface area contributed by atoms with Crippen molar-refractivity contribution < 1.29 is 8.42 Å². The summed E-state index contributed by atoms with van der Waals surface area (Å²) in [7, 11) is -3.31. The third-order valence-electron chi connectivity index (χ3n) is 2.02. The van der Waals surface area contributed by atoms with Crippen molar-refractivity contribution in [2.24, 2.45) is 0 Å². The largest absolute Gasteiger partial charge is 0.250 e. The zero-order valence-electron chi connectivity index (χ0n) is 9.19. The Kier molecular flexibility index (Phi) is 5.00. The molecule has 0 radical (unpaired) electrons. The molecular formula is C11H15NO2S2. The summed E-state index contributed by atoms with van der Waals surface area (Å²) in [5, 5.41) is 0. The van der Waals surface area contributed by atoms with Crippen molar-refractivity contribution in [3.8, 4) is 12.3 Å². The first-order valence-electron chi connectivity index (χ1n) is 5.06. The standard InChI is InChI=1S/C11H15NO2S2/c1-3-4-5-6-9-12-16(13,14)11-8-7-10(2)15-11/h1,7-8,12H,4-6,9H2,2H3. The Hall–Kier alpha value is -0.830. The van der Waals surface area contributed by atoms with E-state index in [2.05, 4.69) is 10.6 Å². The second-order valence-corrected chi connectivity index (χ2v) is 6.71. The van der Waals surface area contributed by atoms with Gasteiger partial charge in [0.1, 0.15) is 4.21 Å². The van der Waals surface area contributed by atoms with Crippen molar-refractivity contribution in [3.63, 3.8) is 0 Å². The first-order valence-corrected chi connectivity index (χ1v) is 7.36. The van der Waals surface area contributed by atoms with Crippen molar-refractivity contribution in [1.82, 2.24) is 4.72 Å². The highest BCUT2D eigenvalue weighted by Crippen LogP contribution is 2.20. The van der Waals surface area contributed by atoms with Crippen molar-refractivity contribution in [1.29, 1.82) is 0 Å². The van der Waals surface area contributed by atoms with Crippen molar-refractivity contribution in [3.05, 3.63) is 17.0 Å². The van der Waals surface area contributed by atoms with Crippen LogP contribution < -0.4 is 4.72 Å². The van der Waals surface area contributed by atoms with E-state index in [1.54, 1.807) is 12.1 Å². The number of aryl methyl sites for hydroxylation is 1. The number of sulfonamides is 1. The Bertz CT molecular complexity index is 468. The minimum absolute atomic E-state index is 0.377. The SMILES string of the molecule is C#CCCCCNS(=O)(=O)c1ccc(C)s1. The molecule has 0 fully saturated rings. The molecule has 0 spiro atoms. The molecule has 0 aliphatic carbocycles. The highest BCUT2D eigenvalue weighted by molar-refractivity contribution is 7.91. The number of terminal acetylenes is 1. The lowest BCUT2D eigenvalue weighted by atomic mass is 10.2. The molecule has 88 valence electrons. The zero-order chi connectivity index (χ0) is 12.0. The maximum Gasteiger partial charge on any atom is 0.250 e. The summed E-state index contributed by atoms with van der Waals surface area (Å²) in [5.41, 5.74) is 0. The second kappa shape index (κ2) is 6.04. The van der Waals surface area contributed by atoms with Crippen LogP contribution in [0.1, 0.15) is 24.1 Å². The molecule has 1 N–H and O–H groups in total. The van der Waals surface area contributed by atoms with Crippen LogP contribution in [0.15, 0.2) is 16.3 Å². The molecule has 1 heterocycles. The monoisotopic (exact) mass is 257 g/mol. The van der Waals surface area contributed by atoms with E-state index in [0.29, 0.717) is 17.2 Å². The molecule has 3 nitrogen and oxygen atoms in total. The number of thiophene rings is 1. The van der Waals surface area contributed by atoms with Crippen LogP contribution in [-0.2, 0) is 10.0 Å². The number of hydrogen-bond acceptors (Lipinski definition) is 3. The summed E-state index contributed by atoms with van der Waals surface area (Å²) in [6.45, 7) is 2.33. The molecule has 0 atom stereocenters. The van der Waals surface area contributed by atoms with Crippen LogP contribution in [0.5, 0.6) is 0 Å². The second-order valence-electron chi connectivity index (χ2n) is 3.42. The zero-order valence-corrected chi connectivity index (χ0v) is 10.8. The van der Waals surface area contributed by atoms with Crippen LogP contribution in [0, 0.1) is 19.3 Å². The predicted octanol–water partition coefficient (Wildman–Crippen LogP) is 2.14. The van der Waals surface area contributed by atoms with Crippen LogP contribution in [0.2, 0.25) is 0 Å². The lowest BCUT2D eigenvalue weighted by Gasteiger charge is -2.03. The van der Waals surface area contributed by atoms with Crippen molar-refractivity contribution in [2.45, 2.75) is 30.4 Å². The van der Waals surface area contributed by atoms with Gasteiger partial charge >= 0.3 is 0 Å². The minimum Gasteiger partial charge on any atom is -0.210 e. The third-order valence-corrected chi connectivity index (χ3v) is 4.97. The van der Waals surface area contributed by atoms with E-state index >= 15 is 0 Å². The molecule has 0 amide bonds. The van der Waals surface area contributed by atoms with Gasteiger partial charge in [0.15, 0.2) is 0 Å². The van der Waals surface area contributed by atoms with Gasteiger partial charge in [-0.3, -0.25) is 0 Å². The number of rotatable bonds is 6. The summed E-state index contributed by atoms with van der Waals surface area (Å²) in [6, 6.07) is 3.43. The van der Waals surface area contributed by atoms with Gasteiger partial charge in [0.25, 0.3) is 0 Å². The average Bonchev–Trinajstić information content (AvgIpc) is 2.65. The van der Waals surface area contributed by atoms with Crippen molar-refractivity contribution >= 4 is 21.4 Å². The van der Waals surface area contributed by atoms with Crippen molar-refractivity contribution in [2.75, 3.05) is 6.54 Å². The molecule has 1 aromatic rings. The van der Waals surface area contributed by atoms with E-state index in [4.69, 9.17) is 6.42 Å². The van der Waals surface area contributed by atoms with Gasteiger partial charge in [-0.15, -0.1) is 23.7 Å². The van der Waals surface area contributed by atoms with E-state index in [-0.39, 0.29) is 0 Å². The molecule has 0 saturated carbocycles. The Morgan fingerprint density at radius 3 is 2.75 bits per heavy atom. The van der Waals surface area contributed by atoms with Gasteiger partial charge in [-0.05, 0) is 31.9 Å². The molecule has 0 aliphatic heterocycles. The molecule has 0 unspecified atom stereocenters. The molecule has 16 heavy (non-hydrogen) atoms. The smallest absolute Gasteiger partial charge is 0.210 e. The topological polar surface area (TPSA) is 46.2 Å². The summed E-state index contributed by atoms with van der Waals surface area (Å²) >= 11 is 1.28. The minimum atomic E-state index is -3.31. The Morgan fingerprint density at radius 1 is 1.44 bits per heavy atom. The quantitative estimate of drug-likeness (QED) is 0.627. The third kappa shape index (κ3) is 3.97. The van der Waals surface area contributed by atoms with Crippen LogP contribution in [0.3, 0.4) is 0 Å². The maximum atomic E-state index is 11.7. The first kappa shape index (κ1) is 13.2. The van der Waals surface area contributed by atoms with Crippen LogP contribution in [0.25, 0.3) is 0 Å². The van der Waals surface area contributed by atoms with Gasteiger partial charge in [0.2, 0.25) is 10.0 Å². The summed E-state index contributed by atoms with van der Waals surface area (Å²) in [5.74, 6) is 2.53. The van der Waals surface area contributed by atoms with Gasteiger partial charge in [-0.2, -0.15) is 0 Å². The lowest BCUT2D eigenvalue weighted by molar-refractivity contribution is 0.579. The van der Waals surface area contributed by atoms with E-state index in [9.17, 15) is 8.42 Å². The normalized spacial score (nSPS) is 11.2.